The Hall–Kier alpha value is 2.25. The second-order valence-corrected chi connectivity index (χ2v) is 0. The molecule has 0 rings (SSSR count). The topological polar surface area (TPSA) is 28.5 Å². The monoisotopic (exact) mass is 141 g/mol. The van der Waals surface area contributed by atoms with Crippen LogP contribution in [0.3, 0.4) is 0 Å². The molecule has 0 amide bonds. The molecule has 0 aromatic carbocycles. The van der Waals surface area contributed by atoms with Crippen LogP contribution in [0.1, 0.15) is 0 Å². The normalized spacial score (nSPS) is 0. The third-order valence-electron chi connectivity index (χ3n) is 0. The summed E-state index contributed by atoms with van der Waals surface area (Å²) in [7, 11) is 0. The summed E-state index contributed by atoms with van der Waals surface area (Å²) in [5, 5.41) is 0. The van der Waals surface area contributed by atoms with Gasteiger partial charge in [0.1, 0.15) is 0 Å². The third kappa shape index (κ3) is 8.87. The second kappa shape index (κ2) is 18.7. The molecule has 0 fully saturated rings. The van der Waals surface area contributed by atoms with Gasteiger partial charge in [0, 0.05) is 0 Å². The van der Waals surface area contributed by atoms with Crippen molar-refractivity contribution in [2.24, 2.45) is 0 Å². The Morgan fingerprint density at radius 1 is 1.00 bits per heavy atom. The molecule has 0 aliphatic heterocycles. The van der Waals surface area contributed by atoms with Crippen LogP contribution < -0.4 is 0 Å². The maximum Gasteiger partial charge on any atom is 3.00 e. The maximum atomic E-state index is 0. The van der Waals surface area contributed by atoms with Crippen molar-refractivity contribution in [2.45, 2.75) is 0 Å². The minimum Gasteiger partial charge on any atom is -2.00 e. The van der Waals surface area contributed by atoms with Gasteiger partial charge in [-0.1, -0.05) is 0 Å². The maximum absolute atomic E-state index is 0. The largest absolute Gasteiger partial charge is 3.00 e. The standard InChI is InChI=1S/Al.Ca.Ni.O/q+3;2*+2;-2. The molecular formula is AlCaNiO+5. The Bertz CT molecular complexity index is 8.00. The van der Waals surface area contributed by atoms with Crippen molar-refractivity contribution in [3.05, 3.63) is 0 Å². The van der Waals surface area contributed by atoms with Gasteiger partial charge in [0.05, 0.1) is 0 Å². The number of hydrogen-bond donors (Lipinski definition) is 0. The molecule has 0 aromatic heterocycles. The molecule has 0 aliphatic carbocycles. The van der Waals surface area contributed by atoms with Gasteiger partial charge in [-0.3, -0.25) is 0 Å². The fourth-order valence-corrected chi connectivity index (χ4v) is 0. The first-order chi connectivity index (χ1) is 0. The van der Waals surface area contributed by atoms with Crippen molar-refractivity contribution in [3.8, 4) is 0 Å². The average Bonchev–Trinajstić information content (AvgIpc) is 0. The van der Waals surface area contributed by atoms with E-state index in [0.717, 1.165) is 0 Å². The van der Waals surface area contributed by atoms with Crippen LogP contribution in [0, 0.1) is 0 Å². The molecule has 0 spiro atoms. The molecule has 0 heterocycles. The molecule has 0 bridgehead atoms. The van der Waals surface area contributed by atoms with Gasteiger partial charge in [-0.25, -0.2) is 0 Å². The van der Waals surface area contributed by atoms with Gasteiger partial charge in [-0.2, -0.15) is 0 Å². The zero-order valence-electron chi connectivity index (χ0n) is 2.01. The van der Waals surface area contributed by atoms with Crippen molar-refractivity contribution < 1.29 is 22.0 Å². The van der Waals surface area contributed by atoms with Crippen molar-refractivity contribution in [1.29, 1.82) is 0 Å². The van der Waals surface area contributed by atoms with Gasteiger partial charge in [0.25, 0.3) is 0 Å². The molecule has 0 atom stereocenters. The quantitative estimate of drug-likeness (QED) is 0.392. The van der Waals surface area contributed by atoms with E-state index in [9.17, 15) is 0 Å². The van der Waals surface area contributed by atoms with Crippen molar-refractivity contribution >= 4 is 55.1 Å². The van der Waals surface area contributed by atoms with E-state index in [0.29, 0.717) is 0 Å². The first-order valence-corrected chi connectivity index (χ1v) is 0. The van der Waals surface area contributed by atoms with E-state index in [1.807, 2.05) is 0 Å². The Balaban J connectivity index is 0. The molecule has 0 unspecified atom stereocenters. The van der Waals surface area contributed by atoms with E-state index in [1.54, 1.807) is 0 Å². The molecule has 0 radical (unpaired) electrons. The zero-order valence-corrected chi connectivity index (χ0v) is 6.36. The van der Waals surface area contributed by atoms with Crippen LogP contribution in [0.5, 0.6) is 0 Å². The smallest absolute Gasteiger partial charge is 2.00 e. The predicted molar refractivity (Wildman–Crippen MR) is 12.2 cm³/mol. The van der Waals surface area contributed by atoms with Gasteiger partial charge in [0.2, 0.25) is 0 Å². The Kier molecular flexibility index (Phi) is 160. The molecule has 4 heteroatoms. The molecule has 0 aliphatic rings. The van der Waals surface area contributed by atoms with Gasteiger partial charge in [0.15, 0.2) is 0 Å². The van der Waals surface area contributed by atoms with E-state index >= 15 is 0 Å². The summed E-state index contributed by atoms with van der Waals surface area (Å²) in [6.45, 7) is 0. The van der Waals surface area contributed by atoms with Crippen LogP contribution in [0.25, 0.3) is 0 Å². The molecular weight excluding hydrogens is 142 g/mol. The number of hydrogen-bond acceptors (Lipinski definition) is 0. The van der Waals surface area contributed by atoms with Crippen molar-refractivity contribution in [1.82, 2.24) is 0 Å². The van der Waals surface area contributed by atoms with Crippen LogP contribution in [0.15, 0.2) is 0 Å². The Labute approximate surface area is 75.9 Å². The summed E-state index contributed by atoms with van der Waals surface area (Å²) < 4.78 is 0. The van der Waals surface area contributed by atoms with E-state index in [1.165, 1.54) is 0 Å². The molecule has 4 heavy (non-hydrogen) atoms. The predicted octanol–water partition coefficient (Wildman–Crippen LogP) is -0.883. The summed E-state index contributed by atoms with van der Waals surface area (Å²) in [4.78, 5) is 0. The van der Waals surface area contributed by atoms with Gasteiger partial charge < -0.3 is 5.48 Å². The first-order valence-electron chi connectivity index (χ1n) is 0. The third-order valence-corrected chi connectivity index (χ3v) is 0. The van der Waals surface area contributed by atoms with Gasteiger partial charge >= 0.3 is 71.6 Å². The van der Waals surface area contributed by atoms with Crippen LogP contribution in [0.4, 0.5) is 0 Å². The van der Waals surface area contributed by atoms with E-state index < -0.39 is 0 Å². The van der Waals surface area contributed by atoms with Crippen molar-refractivity contribution in [2.75, 3.05) is 0 Å². The van der Waals surface area contributed by atoms with Crippen molar-refractivity contribution in [3.63, 3.8) is 0 Å². The second-order valence-electron chi connectivity index (χ2n) is 0. The zero-order chi connectivity index (χ0) is 0. The molecule has 0 N–H and O–H groups in total. The van der Waals surface area contributed by atoms with Crippen LogP contribution >= 0.6 is 0 Å². The Morgan fingerprint density at radius 2 is 1.00 bits per heavy atom. The molecule has 0 aromatic rings. The minimum atomic E-state index is 0. The van der Waals surface area contributed by atoms with Crippen LogP contribution in [0.2, 0.25) is 0 Å². The SMILES string of the molecule is [Al+3].[Ca+2].[Ni+2].[O-2]. The fraction of sp³-hybridized carbons (Fsp3) is 0. The van der Waals surface area contributed by atoms with E-state index in [-0.39, 0.29) is 77.1 Å². The molecule has 16 valence electrons. The fourth-order valence-electron chi connectivity index (χ4n) is 0. The summed E-state index contributed by atoms with van der Waals surface area (Å²) in [5.74, 6) is 0. The molecule has 0 saturated carbocycles. The van der Waals surface area contributed by atoms with Gasteiger partial charge in [-0.05, 0) is 0 Å². The summed E-state index contributed by atoms with van der Waals surface area (Å²) in [6.07, 6.45) is 0. The number of rotatable bonds is 0. The first kappa shape index (κ1) is 34.1. The van der Waals surface area contributed by atoms with Gasteiger partial charge in [-0.15, -0.1) is 0 Å². The van der Waals surface area contributed by atoms with Crippen LogP contribution in [-0.2, 0) is 22.0 Å². The Morgan fingerprint density at radius 3 is 1.00 bits per heavy atom. The van der Waals surface area contributed by atoms with Crippen LogP contribution in [-0.4, -0.2) is 55.1 Å². The molecule has 1 nitrogen and oxygen atoms in total. The summed E-state index contributed by atoms with van der Waals surface area (Å²) in [5.41, 5.74) is 0. The van der Waals surface area contributed by atoms with E-state index in [4.69, 9.17) is 0 Å². The summed E-state index contributed by atoms with van der Waals surface area (Å²) >= 11 is 0. The summed E-state index contributed by atoms with van der Waals surface area (Å²) in [6, 6.07) is 0. The molecule has 0 saturated heterocycles. The average molecular weight is 142 g/mol. The minimum absolute atomic E-state index is 0. The van der Waals surface area contributed by atoms with E-state index in [2.05, 4.69) is 0 Å².